The normalized spacial score (nSPS) is 25.3. The van der Waals surface area contributed by atoms with Gasteiger partial charge in [0.05, 0.1) is 0 Å². The highest BCUT2D eigenvalue weighted by molar-refractivity contribution is 5.97. The van der Waals surface area contributed by atoms with Crippen LogP contribution in [0.4, 0.5) is 4.39 Å². The minimum Gasteiger partial charge on any atom is -0.480 e. The molecule has 1 aromatic carbocycles. The molecule has 152 valence electrons. The van der Waals surface area contributed by atoms with Crippen LogP contribution < -0.4 is 0 Å². The Kier molecular flexibility index (Phi) is 4.22. The third-order valence-corrected chi connectivity index (χ3v) is 6.94. The van der Waals surface area contributed by atoms with Crippen LogP contribution in [-0.4, -0.2) is 44.3 Å². The summed E-state index contributed by atoms with van der Waals surface area (Å²) in [5, 5.41) is 14.4. The maximum atomic E-state index is 14.6. The quantitative estimate of drug-likeness (QED) is 0.863. The predicted octanol–water partition coefficient (Wildman–Crippen LogP) is 3.13. The van der Waals surface area contributed by atoms with E-state index in [0.717, 1.165) is 48.9 Å². The minimum absolute atomic E-state index is 0.0281. The van der Waals surface area contributed by atoms with Gasteiger partial charge < -0.3 is 10.0 Å². The number of carboxylic acid groups (broad SMARTS) is 1. The number of aryl methyl sites for hydroxylation is 1. The highest BCUT2D eigenvalue weighted by atomic mass is 19.1. The first-order chi connectivity index (χ1) is 14.0. The molecule has 1 aliphatic heterocycles. The topological polar surface area (TPSA) is 75.4 Å². The van der Waals surface area contributed by atoms with Crippen LogP contribution >= 0.6 is 0 Å². The molecular weight excluding hydrogens is 373 g/mol. The predicted molar refractivity (Wildman–Crippen MR) is 104 cm³/mol. The first-order valence-electron chi connectivity index (χ1n) is 10.4. The fraction of sp³-hybridized carbons (Fsp3) is 0.500. The van der Waals surface area contributed by atoms with Gasteiger partial charge >= 0.3 is 5.97 Å². The Morgan fingerprint density at radius 1 is 1.21 bits per heavy atom. The van der Waals surface area contributed by atoms with E-state index in [1.807, 2.05) is 13.0 Å². The zero-order valence-electron chi connectivity index (χ0n) is 16.4. The molecule has 5 rings (SSSR count). The van der Waals surface area contributed by atoms with Crippen molar-refractivity contribution in [2.24, 2.45) is 11.8 Å². The fourth-order valence-electron chi connectivity index (χ4n) is 5.65. The molecule has 7 heteroatoms. The molecule has 1 saturated carbocycles. The van der Waals surface area contributed by atoms with E-state index in [1.165, 1.54) is 11.0 Å². The van der Waals surface area contributed by atoms with Crippen molar-refractivity contribution in [2.75, 3.05) is 6.54 Å². The fourth-order valence-corrected chi connectivity index (χ4v) is 5.65. The Morgan fingerprint density at radius 3 is 2.79 bits per heavy atom. The van der Waals surface area contributed by atoms with Gasteiger partial charge in [-0.25, -0.2) is 13.9 Å². The number of benzene rings is 1. The Balaban J connectivity index is 1.57. The lowest BCUT2D eigenvalue weighted by molar-refractivity contribution is -0.142. The summed E-state index contributed by atoms with van der Waals surface area (Å²) in [6, 6.07) is 4.09. The summed E-state index contributed by atoms with van der Waals surface area (Å²) in [6.07, 6.45) is 5.18. The van der Waals surface area contributed by atoms with Crippen LogP contribution in [0.1, 0.15) is 53.0 Å². The Morgan fingerprint density at radius 2 is 2.03 bits per heavy atom. The van der Waals surface area contributed by atoms with Crippen molar-refractivity contribution in [1.82, 2.24) is 14.7 Å². The van der Waals surface area contributed by atoms with E-state index >= 15 is 0 Å². The second-order valence-electron chi connectivity index (χ2n) is 8.54. The number of fused-ring (bicyclic) bond motifs is 2. The first kappa shape index (κ1) is 18.3. The lowest BCUT2D eigenvalue weighted by Gasteiger charge is -2.24. The molecule has 3 aliphatic rings. The van der Waals surface area contributed by atoms with Gasteiger partial charge in [0, 0.05) is 17.8 Å². The summed E-state index contributed by atoms with van der Waals surface area (Å²) in [4.78, 5) is 26.9. The summed E-state index contributed by atoms with van der Waals surface area (Å²) >= 11 is 0. The number of hydrogen-bond acceptors (Lipinski definition) is 3. The third-order valence-electron chi connectivity index (χ3n) is 6.94. The molecule has 29 heavy (non-hydrogen) atoms. The van der Waals surface area contributed by atoms with Crippen molar-refractivity contribution < 1.29 is 19.1 Å². The summed E-state index contributed by atoms with van der Waals surface area (Å²) in [5.41, 5.74) is 3.14. The van der Waals surface area contributed by atoms with Gasteiger partial charge in [-0.2, -0.15) is 5.10 Å². The molecule has 0 radical (unpaired) electrons. The largest absolute Gasteiger partial charge is 0.480 e. The van der Waals surface area contributed by atoms with Gasteiger partial charge in [0.25, 0.3) is 5.91 Å². The Labute approximate surface area is 168 Å². The van der Waals surface area contributed by atoms with Crippen LogP contribution in [0.15, 0.2) is 18.2 Å². The van der Waals surface area contributed by atoms with Gasteiger partial charge in [-0.15, -0.1) is 0 Å². The van der Waals surface area contributed by atoms with E-state index in [0.29, 0.717) is 24.3 Å². The SMILES string of the molecule is Cc1cccc(F)c1-n1nc(C(=O)N2CC3CCCC3C2C(=O)O)c2c1CCC2. The monoisotopic (exact) mass is 397 g/mol. The minimum atomic E-state index is -0.936. The van der Waals surface area contributed by atoms with Crippen LogP contribution in [-0.2, 0) is 17.6 Å². The summed E-state index contributed by atoms with van der Waals surface area (Å²) < 4.78 is 16.2. The van der Waals surface area contributed by atoms with Crippen molar-refractivity contribution in [1.29, 1.82) is 0 Å². The molecule has 2 fully saturated rings. The molecule has 1 N–H and O–H groups in total. The smallest absolute Gasteiger partial charge is 0.326 e. The third kappa shape index (κ3) is 2.70. The van der Waals surface area contributed by atoms with Gasteiger partial charge in [-0.1, -0.05) is 18.6 Å². The number of rotatable bonds is 3. The molecule has 2 heterocycles. The standard InChI is InChI=1S/C22H24FN3O3/c1-12-5-2-9-16(23)19(12)26-17-10-4-8-15(17)18(24-26)21(27)25-11-13-6-3-7-14(13)20(25)22(28)29/h2,5,9,13-14,20H,3-4,6-8,10-11H2,1H3,(H,28,29). The molecule has 6 nitrogen and oxygen atoms in total. The lowest BCUT2D eigenvalue weighted by atomic mass is 9.94. The van der Waals surface area contributed by atoms with Crippen LogP contribution in [0.2, 0.25) is 0 Å². The Hall–Kier alpha value is -2.70. The molecule has 2 aromatic rings. The molecular formula is C22H24FN3O3. The first-order valence-corrected chi connectivity index (χ1v) is 10.4. The summed E-state index contributed by atoms with van der Waals surface area (Å²) in [5.74, 6) is -1.35. The molecule has 1 aromatic heterocycles. The number of hydrogen-bond donors (Lipinski definition) is 1. The van der Waals surface area contributed by atoms with E-state index in [1.54, 1.807) is 10.7 Å². The molecule has 3 unspecified atom stereocenters. The number of amides is 1. The molecule has 0 bridgehead atoms. The average Bonchev–Trinajstić information content (AvgIpc) is 3.41. The Bertz CT molecular complexity index is 995. The van der Waals surface area contributed by atoms with Crippen molar-refractivity contribution in [3.05, 3.63) is 46.5 Å². The molecule has 2 aliphatic carbocycles. The number of halogens is 1. The highest BCUT2D eigenvalue weighted by Gasteiger charge is 2.50. The van der Waals surface area contributed by atoms with Crippen molar-refractivity contribution in [3.8, 4) is 5.69 Å². The highest BCUT2D eigenvalue weighted by Crippen LogP contribution is 2.43. The van der Waals surface area contributed by atoms with E-state index in [-0.39, 0.29) is 23.6 Å². The van der Waals surface area contributed by atoms with Crippen LogP contribution in [0.25, 0.3) is 5.69 Å². The summed E-state index contributed by atoms with van der Waals surface area (Å²) in [7, 11) is 0. The van der Waals surface area contributed by atoms with Crippen LogP contribution in [0.5, 0.6) is 0 Å². The number of carbonyl (C=O) groups is 2. The van der Waals surface area contributed by atoms with Gasteiger partial charge in [-0.3, -0.25) is 4.79 Å². The lowest BCUT2D eigenvalue weighted by Crippen LogP contribution is -2.43. The van der Waals surface area contributed by atoms with Crippen molar-refractivity contribution in [3.63, 3.8) is 0 Å². The molecule has 0 spiro atoms. The number of likely N-dealkylation sites (tertiary alicyclic amines) is 1. The average molecular weight is 397 g/mol. The second kappa shape index (κ2) is 6.68. The maximum absolute atomic E-state index is 14.6. The van der Waals surface area contributed by atoms with E-state index in [9.17, 15) is 19.1 Å². The number of carbonyl (C=O) groups excluding carboxylic acids is 1. The van der Waals surface area contributed by atoms with E-state index in [4.69, 9.17) is 0 Å². The maximum Gasteiger partial charge on any atom is 0.326 e. The zero-order valence-corrected chi connectivity index (χ0v) is 16.4. The number of para-hydroxylation sites is 1. The molecule has 3 atom stereocenters. The van der Waals surface area contributed by atoms with Gasteiger partial charge in [0.1, 0.15) is 17.5 Å². The van der Waals surface area contributed by atoms with Gasteiger partial charge in [0.2, 0.25) is 0 Å². The summed E-state index contributed by atoms with van der Waals surface area (Å²) in [6.45, 7) is 2.30. The van der Waals surface area contributed by atoms with Crippen LogP contribution in [0, 0.1) is 24.6 Å². The van der Waals surface area contributed by atoms with E-state index < -0.39 is 12.0 Å². The van der Waals surface area contributed by atoms with Crippen molar-refractivity contribution >= 4 is 11.9 Å². The number of aromatic nitrogens is 2. The van der Waals surface area contributed by atoms with Gasteiger partial charge in [0.15, 0.2) is 5.69 Å². The van der Waals surface area contributed by atoms with Crippen LogP contribution in [0.3, 0.4) is 0 Å². The van der Waals surface area contributed by atoms with Gasteiger partial charge in [-0.05, 0) is 62.5 Å². The van der Waals surface area contributed by atoms with E-state index in [2.05, 4.69) is 5.10 Å². The second-order valence-corrected chi connectivity index (χ2v) is 8.54. The number of carboxylic acids is 1. The number of nitrogens with zero attached hydrogens (tertiary/aromatic N) is 3. The molecule has 1 amide bonds. The molecule has 1 saturated heterocycles. The zero-order chi connectivity index (χ0) is 20.3. The number of aliphatic carboxylic acids is 1. The van der Waals surface area contributed by atoms with Crippen molar-refractivity contribution in [2.45, 2.75) is 51.5 Å².